The number of alkyl halides is 3. The largest absolute Gasteiger partial charge is 0.508 e. The van der Waals surface area contributed by atoms with Crippen LogP contribution < -0.4 is 10.6 Å². The van der Waals surface area contributed by atoms with Crippen LogP contribution in [0.3, 0.4) is 0 Å². The molecule has 1 aromatic heterocycles. The zero-order chi connectivity index (χ0) is 23.8. The van der Waals surface area contributed by atoms with E-state index in [4.69, 9.17) is 11.6 Å². The van der Waals surface area contributed by atoms with E-state index >= 15 is 0 Å². The first-order chi connectivity index (χ1) is 15.6. The number of aryl methyl sites for hydroxylation is 1. The number of nitrogens with zero attached hydrogens (tertiary/aromatic N) is 2. The van der Waals surface area contributed by atoms with Gasteiger partial charge in [-0.25, -0.2) is 9.48 Å². The molecule has 0 saturated heterocycles. The summed E-state index contributed by atoms with van der Waals surface area (Å²) in [6.07, 6.45) is -2.22. The first-order valence-corrected chi connectivity index (χ1v) is 10.8. The molecular formula is C23H22ClF3N4O2. The number of amides is 2. The molecule has 6 nitrogen and oxygen atoms in total. The highest BCUT2D eigenvalue weighted by atomic mass is 35.5. The summed E-state index contributed by atoms with van der Waals surface area (Å²) in [5.74, 6) is 0.114. The van der Waals surface area contributed by atoms with Gasteiger partial charge in [0.15, 0.2) is 5.69 Å². The second-order valence-corrected chi connectivity index (χ2v) is 8.40. The predicted molar refractivity (Wildman–Crippen MR) is 117 cm³/mol. The average Bonchev–Trinajstić information content (AvgIpc) is 3.09. The number of carbonyl (C=O) groups excluding carboxylic acids is 1. The Bertz CT molecular complexity index is 1190. The van der Waals surface area contributed by atoms with Crippen molar-refractivity contribution in [3.63, 3.8) is 0 Å². The zero-order valence-electron chi connectivity index (χ0n) is 17.7. The molecule has 1 aliphatic rings. The lowest BCUT2D eigenvalue weighted by Gasteiger charge is -2.26. The molecule has 0 aliphatic heterocycles. The number of halogens is 4. The summed E-state index contributed by atoms with van der Waals surface area (Å²) >= 11 is 6.01. The van der Waals surface area contributed by atoms with Gasteiger partial charge in [-0.1, -0.05) is 23.7 Å². The average molecular weight is 479 g/mol. The minimum Gasteiger partial charge on any atom is -0.508 e. The fourth-order valence-electron chi connectivity index (χ4n) is 4.14. The molecule has 2 aromatic carbocycles. The summed E-state index contributed by atoms with van der Waals surface area (Å²) in [5, 5.41) is 19.4. The number of fused-ring (bicyclic) bond motifs is 1. The van der Waals surface area contributed by atoms with E-state index in [1.54, 1.807) is 30.3 Å². The van der Waals surface area contributed by atoms with Crippen LogP contribution in [0.2, 0.25) is 5.02 Å². The van der Waals surface area contributed by atoms with Gasteiger partial charge in [-0.2, -0.15) is 18.3 Å². The molecule has 1 unspecified atom stereocenters. The molecule has 0 bridgehead atoms. The third kappa shape index (κ3) is 4.93. The maximum Gasteiger partial charge on any atom is 0.435 e. The van der Waals surface area contributed by atoms with Crippen LogP contribution in [0.25, 0.3) is 5.69 Å². The van der Waals surface area contributed by atoms with Crippen LogP contribution >= 0.6 is 11.6 Å². The minimum absolute atomic E-state index is 0.0734. The summed E-state index contributed by atoms with van der Waals surface area (Å²) in [6, 6.07) is 10.6. The first kappa shape index (κ1) is 23.0. The van der Waals surface area contributed by atoms with Gasteiger partial charge in [0.25, 0.3) is 0 Å². The molecule has 1 aliphatic carbocycles. The third-order valence-corrected chi connectivity index (χ3v) is 5.97. The van der Waals surface area contributed by atoms with Crippen LogP contribution in [-0.4, -0.2) is 20.9 Å². The summed E-state index contributed by atoms with van der Waals surface area (Å²) in [6.45, 7) is 1.15. The number of urea groups is 1. The number of rotatable bonds is 4. The van der Waals surface area contributed by atoms with E-state index in [1.807, 2.05) is 6.07 Å². The highest BCUT2D eigenvalue weighted by Crippen LogP contribution is 2.34. The standard InChI is InChI=1S/C23H22ClF3N4O2/c1-13-20(31(30-21(13)23(25,26)27)16-6-3-5-15(24)10-16)12-28-22(33)29-19-7-2-4-14-8-9-17(32)11-18(14)19/h3,5-6,8-11,19,32H,2,4,7,12H2,1H3,(H2,28,29,33). The molecule has 2 amide bonds. The minimum atomic E-state index is -4.64. The van der Waals surface area contributed by atoms with Crippen molar-refractivity contribution in [1.82, 2.24) is 20.4 Å². The van der Waals surface area contributed by atoms with Crippen LogP contribution in [0.15, 0.2) is 42.5 Å². The van der Waals surface area contributed by atoms with Gasteiger partial charge in [0, 0.05) is 10.6 Å². The number of aromatic nitrogens is 2. The summed E-state index contributed by atoms with van der Waals surface area (Å²) < 4.78 is 41.6. The van der Waals surface area contributed by atoms with Crippen molar-refractivity contribution < 1.29 is 23.1 Å². The molecule has 0 spiro atoms. The lowest BCUT2D eigenvalue weighted by molar-refractivity contribution is -0.141. The quantitative estimate of drug-likeness (QED) is 0.467. The highest BCUT2D eigenvalue weighted by Gasteiger charge is 2.38. The Kier molecular flexibility index (Phi) is 6.25. The zero-order valence-corrected chi connectivity index (χ0v) is 18.5. The number of aromatic hydroxyl groups is 1. The smallest absolute Gasteiger partial charge is 0.435 e. The van der Waals surface area contributed by atoms with Crippen molar-refractivity contribution in [3.05, 3.63) is 75.6 Å². The molecule has 1 atom stereocenters. The Morgan fingerprint density at radius 1 is 1.27 bits per heavy atom. The second-order valence-electron chi connectivity index (χ2n) is 7.96. The van der Waals surface area contributed by atoms with Crippen LogP contribution in [0.5, 0.6) is 5.75 Å². The molecule has 4 rings (SSSR count). The molecule has 33 heavy (non-hydrogen) atoms. The van der Waals surface area contributed by atoms with Gasteiger partial charge >= 0.3 is 12.2 Å². The SMILES string of the molecule is Cc1c(C(F)(F)F)nn(-c2cccc(Cl)c2)c1CNC(=O)NC1CCCc2ccc(O)cc21. The van der Waals surface area contributed by atoms with E-state index < -0.39 is 17.9 Å². The van der Waals surface area contributed by atoms with Crippen molar-refractivity contribution in [2.24, 2.45) is 0 Å². The van der Waals surface area contributed by atoms with Crippen molar-refractivity contribution >= 4 is 17.6 Å². The lowest BCUT2D eigenvalue weighted by atomic mass is 9.87. The van der Waals surface area contributed by atoms with Crippen LogP contribution in [0.4, 0.5) is 18.0 Å². The maximum atomic E-state index is 13.5. The van der Waals surface area contributed by atoms with Crippen molar-refractivity contribution in [1.29, 1.82) is 0 Å². The number of hydrogen-bond acceptors (Lipinski definition) is 3. The van der Waals surface area contributed by atoms with Crippen LogP contribution in [-0.2, 0) is 19.1 Å². The van der Waals surface area contributed by atoms with Crippen molar-refractivity contribution in [2.45, 2.75) is 44.9 Å². The number of carbonyl (C=O) groups is 1. The third-order valence-electron chi connectivity index (χ3n) is 5.73. The fraction of sp³-hybridized carbons (Fsp3) is 0.304. The van der Waals surface area contributed by atoms with E-state index in [-0.39, 0.29) is 29.6 Å². The Morgan fingerprint density at radius 2 is 2.06 bits per heavy atom. The topological polar surface area (TPSA) is 79.2 Å². The van der Waals surface area contributed by atoms with Gasteiger partial charge in [-0.3, -0.25) is 0 Å². The van der Waals surface area contributed by atoms with Crippen molar-refractivity contribution in [2.75, 3.05) is 0 Å². The van der Waals surface area contributed by atoms with Gasteiger partial charge in [0.05, 0.1) is 24.0 Å². The normalized spacial score (nSPS) is 15.7. The summed E-state index contributed by atoms with van der Waals surface area (Å²) in [4.78, 5) is 12.6. The Labute approximate surface area is 193 Å². The van der Waals surface area contributed by atoms with Gasteiger partial charge in [-0.15, -0.1) is 0 Å². The molecule has 1 heterocycles. The number of nitrogens with one attached hydrogen (secondary N) is 2. The van der Waals surface area contributed by atoms with Crippen molar-refractivity contribution in [3.8, 4) is 11.4 Å². The summed E-state index contributed by atoms with van der Waals surface area (Å²) in [5.41, 5.74) is 1.36. The molecule has 3 aromatic rings. The van der Waals surface area contributed by atoms with Gasteiger partial charge in [-0.05, 0) is 67.6 Å². The monoisotopic (exact) mass is 478 g/mol. The van der Waals surface area contributed by atoms with E-state index in [0.29, 0.717) is 17.1 Å². The van der Waals surface area contributed by atoms with Gasteiger partial charge in [0.2, 0.25) is 0 Å². The maximum absolute atomic E-state index is 13.5. The van der Waals surface area contributed by atoms with Crippen LogP contribution in [0.1, 0.15) is 47.0 Å². The fourth-order valence-corrected chi connectivity index (χ4v) is 4.32. The molecule has 174 valence electrons. The lowest BCUT2D eigenvalue weighted by Crippen LogP contribution is -2.39. The van der Waals surface area contributed by atoms with E-state index in [0.717, 1.165) is 28.7 Å². The number of benzene rings is 2. The molecule has 0 radical (unpaired) electrons. The van der Waals surface area contributed by atoms with Crippen LogP contribution in [0, 0.1) is 6.92 Å². The highest BCUT2D eigenvalue weighted by molar-refractivity contribution is 6.30. The molecule has 3 N–H and O–H groups in total. The first-order valence-electron chi connectivity index (χ1n) is 10.4. The number of phenolic OH excluding ortho intramolecular Hbond substituents is 1. The van der Waals surface area contributed by atoms with Gasteiger partial charge in [0.1, 0.15) is 5.75 Å². The predicted octanol–water partition coefficient (Wildman–Crippen LogP) is 5.44. The number of phenols is 1. The Morgan fingerprint density at radius 3 is 2.79 bits per heavy atom. The molecule has 0 saturated carbocycles. The molecule has 0 fully saturated rings. The Hall–Kier alpha value is -3.20. The van der Waals surface area contributed by atoms with Gasteiger partial charge < -0.3 is 15.7 Å². The second kappa shape index (κ2) is 8.97. The van der Waals surface area contributed by atoms with E-state index in [2.05, 4.69) is 15.7 Å². The summed E-state index contributed by atoms with van der Waals surface area (Å²) in [7, 11) is 0. The Balaban J connectivity index is 1.55. The number of hydrogen-bond donors (Lipinski definition) is 3. The molecular weight excluding hydrogens is 457 g/mol. The molecule has 10 heteroatoms. The van der Waals surface area contributed by atoms with E-state index in [9.17, 15) is 23.1 Å². The van der Waals surface area contributed by atoms with E-state index in [1.165, 1.54) is 13.0 Å².